The van der Waals surface area contributed by atoms with E-state index in [1.807, 2.05) is 6.07 Å². The average Bonchev–Trinajstić information content (AvgIpc) is 3.20. The summed E-state index contributed by atoms with van der Waals surface area (Å²) < 4.78 is 61.4. The van der Waals surface area contributed by atoms with E-state index >= 15 is 8.78 Å². The number of carbonyl (C=O) groups is 1. The molecule has 152 valence electrons. The van der Waals surface area contributed by atoms with Gasteiger partial charge < -0.3 is 9.64 Å². The molecule has 2 heterocycles. The Kier molecular flexibility index (Phi) is 4.69. The van der Waals surface area contributed by atoms with Crippen molar-refractivity contribution in [3.63, 3.8) is 0 Å². The van der Waals surface area contributed by atoms with Crippen LogP contribution in [0.15, 0.2) is 77.8 Å². The van der Waals surface area contributed by atoms with Crippen LogP contribution >= 0.6 is 0 Å². The molecule has 1 fully saturated rings. The molecular weight excluding hydrogens is 400 g/mol. The Labute approximate surface area is 167 Å². The predicted octanol–water partition coefficient (Wildman–Crippen LogP) is 3.53. The van der Waals surface area contributed by atoms with Gasteiger partial charge in [-0.15, -0.1) is 0 Å². The molecule has 2 aliphatic rings. The third kappa shape index (κ3) is 3.21. The van der Waals surface area contributed by atoms with Crippen molar-refractivity contribution in [2.75, 3.05) is 0 Å². The second kappa shape index (κ2) is 6.95. The minimum atomic E-state index is -4.42. The van der Waals surface area contributed by atoms with Crippen molar-refractivity contribution < 1.29 is 26.7 Å². The van der Waals surface area contributed by atoms with Crippen LogP contribution in [0.5, 0.6) is 0 Å². The molecule has 5 nitrogen and oxygen atoms in total. The molecule has 8 heteroatoms. The quantitative estimate of drug-likeness (QED) is 0.694. The third-order valence-electron chi connectivity index (χ3n) is 5.32. The van der Waals surface area contributed by atoms with E-state index in [1.165, 1.54) is 36.5 Å². The fraction of sp³-hybridized carbons (Fsp3) is 0.286. The van der Waals surface area contributed by atoms with Crippen LogP contribution in [-0.4, -0.2) is 36.1 Å². The highest BCUT2D eigenvalue weighted by molar-refractivity contribution is 7.92. The maximum atomic E-state index is 15.0. The first-order valence-electron chi connectivity index (χ1n) is 9.10. The molecule has 0 amide bonds. The fourth-order valence-electron chi connectivity index (χ4n) is 3.99. The standard InChI is InChI=1S/C21H19F2NO4S/c22-21(23)15-20(19(25)28-14-16-8-3-1-4-9-16)12-7-13-24(20)18(21)29(26,27)17-10-5-2-6-11-17/h1-11,13,18H,12,14-15H2. The van der Waals surface area contributed by atoms with Crippen molar-refractivity contribution >= 4 is 15.8 Å². The topological polar surface area (TPSA) is 63.7 Å². The molecule has 0 saturated carbocycles. The predicted molar refractivity (Wildman–Crippen MR) is 102 cm³/mol. The molecule has 1 saturated heterocycles. The highest BCUT2D eigenvalue weighted by Crippen LogP contribution is 2.52. The maximum Gasteiger partial charge on any atom is 0.332 e. The van der Waals surface area contributed by atoms with E-state index in [0.717, 1.165) is 4.90 Å². The summed E-state index contributed by atoms with van der Waals surface area (Å²) >= 11 is 0. The molecule has 0 radical (unpaired) electrons. The minimum Gasteiger partial charge on any atom is -0.459 e. The molecule has 29 heavy (non-hydrogen) atoms. The number of ether oxygens (including phenoxy) is 1. The summed E-state index contributed by atoms with van der Waals surface area (Å²) in [5.74, 6) is -4.47. The summed E-state index contributed by atoms with van der Waals surface area (Å²) in [6.45, 7) is -0.0725. The number of benzene rings is 2. The number of alkyl halides is 2. The number of hydrogen-bond acceptors (Lipinski definition) is 5. The van der Waals surface area contributed by atoms with Crippen molar-refractivity contribution in [2.45, 2.75) is 41.2 Å². The second-order valence-corrected chi connectivity index (χ2v) is 9.25. The highest BCUT2D eigenvalue weighted by atomic mass is 32.2. The van der Waals surface area contributed by atoms with E-state index in [9.17, 15) is 13.2 Å². The molecule has 0 aliphatic carbocycles. The Morgan fingerprint density at radius 2 is 1.69 bits per heavy atom. The fourth-order valence-corrected chi connectivity index (χ4v) is 5.89. The zero-order valence-corrected chi connectivity index (χ0v) is 16.2. The van der Waals surface area contributed by atoms with Gasteiger partial charge in [-0.3, -0.25) is 0 Å². The summed E-state index contributed by atoms with van der Waals surface area (Å²) in [5.41, 5.74) is -1.02. The van der Waals surface area contributed by atoms with Crippen LogP contribution in [0.1, 0.15) is 18.4 Å². The molecular formula is C21H19F2NO4S. The second-order valence-electron chi connectivity index (χ2n) is 7.24. The summed E-state index contributed by atoms with van der Waals surface area (Å²) in [7, 11) is -4.42. The lowest BCUT2D eigenvalue weighted by Crippen LogP contribution is -2.50. The van der Waals surface area contributed by atoms with Crippen LogP contribution in [-0.2, 0) is 26.0 Å². The number of esters is 1. The van der Waals surface area contributed by atoms with E-state index in [2.05, 4.69) is 0 Å². The number of nitrogens with zero attached hydrogens (tertiary/aromatic N) is 1. The van der Waals surface area contributed by atoms with E-state index in [4.69, 9.17) is 4.74 Å². The number of rotatable bonds is 5. The van der Waals surface area contributed by atoms with Crippen LogP contribution in [0.2, 0.25) is 0 Å². The van der Waals surface area contributed by atoms with Gasteiger partial charge in [0.1, 0.15) is 12.1 Å². The minimum absolute atomic E-state index is 0.0307. The van der Waals surface area contributed by atoms with E-state index in [1.54, 1.807) is 30.3 Å². The lowest BCUT2D eigenvalue weighted by molar-refractivity contribution is -0.156. The summed E-state index contributed by atoms with van der Waals surface area (Å²) in [6, 6.07) is 16.0. The Bertz CT molecular complexity index is 1040. The van der Waals surface area contributed by atoms with Crippen molar-refractivity contribution in [2.24, 2.45) is 0 Å². The zero-order valence-electron chi connectivity index (χ0n) is 15.4. The van der Waals surface area contributed by atoms with Gasteiger partial charge in [0.05, 0.1) is 4.90 Å². The molecule has 2 atom stereocenters. The first kappa shape index (κ1) is 19.6. The number of fused-ring (bicyclic) bond motifs is 1. The molecule has 2 aromatic carbocycles. The lowest BCUT2D eigenvalue weighted by atomic mass is 9.93. The summed E-state index contributed by atoms with van der Waals surface area (Å²) in [6.07, 6.45) is 1.86. The SMILES string of the molecule is O=C(OCc1ccccc1)C12CC=CN1C(S(=O)(=O)c1ccccc1)C(F)(F)C2. The van der Waals surface area contributed by atoms with Gasteiger partial charge in [-0.2, -0.15) is 0 Å². The van der Waals surface area contributed by atoms with Crippen LogP contribution in [0, 0.1) is 0 Å². The molecule has 0 spiro atoms. The van der Waals surface area contributed by atoms with Crippen LogP contribution < -0.4 is 0 Å². The molecule has 2 aliphatic heterocycles. The number of sulfone groups is 1. The van der Waals surface area contributed by atoms with Crippen LogP contribution in [0.25, 0.3) is 0 Å². The molecule has 2 aromatic rings. The van der Waals surface area contributed by atoms with Gasteiger partial charge in [-0.1, -0.05) is 54.6 Å². The smallest absolute Gasteiger partial charge is 0.332 e. The van der Waals surface area contributed by atoms with Crippen molar-refractivity contribution in [1.82, 2.24) is 4.90 Å². The van der Waals surface area contributed by atoms with Crippen molar-refractivity contribution in [3.8, 4) is 0 Å². The van der Waals surface area contributed by atoms with Gasteiger partial charge in [-0.25, -0.2) is 22.0 Å². The molecule has 0 N–H and O–H groups in total. The Hall–Kier alpha value is -2.74. The van der Waals surface area contributed by atoms with Gasteiger partial charge in [-0.05, 0) is 23.9 Å². The monoisotopic (exact) mass is 419 g/mol. The van der Waals surface area contributed by atoms with E-state index < -0.39 is 39.1 Å². The first-order chi connectivity index (χ1) is 13.8. The van der Waals surface area contributed by atoms with Crippen LogP contribution in [0.3, 0.4) is 0 Å². The number of hydrogen-bond donors (Lipinski definition) is 0. The molecule has 0 aromatic heterocycles. The van der Waals surface area contributed by atoms with Gasteiger partial charge in [0.15, 0.2) is 0 Å². The lowest BCUT2D eigenvalue weighted by Gasteiger charge is -2.33. The number of carbonyl (C=O) groups excluding carboxylic acids is 1. The van der Waals surface area contributed by atoms with Gasteiger partial charge in [0.2, 0.25) is 15.2 Å². The zero-order chi connectivity index (χ0) is 20.7. The maximum absolute atomic E-state index is 15.0. The van der Waals surface area contributed by atoms with E-state index in [0.29, 0.717) is 5.56 Å². The molecule has 2 unspecified atom stereocenters. The largest absolute Gasteiger partial charge is 0.459 e. The third-order valence-corrected chi connectivity index (χ3v) is 7.41. The van der Waals surface area contributed by atoms with Gasteiger partial charge in [0.25, 0.3) is 5.92 Å². The normalized spacial score (nSPS) is 25.0. The highest BCUT2D eigenvalue weighted by Gasteiger charge is 2.69. The molecule has 4 rings (SSSR count). The Morgan fingerprint density at radius 3 is 2.34 bits per heavy atom. The van der Waals surface area contributed by atoms with Gasteiger partial charge >= 0.3 is 5.97 Å². The summed E-state index contributed by atoms with van der Waals surface area (Å²) in [5, 5.41) is -2.17. The van der Waals surface area contributed by atoms with Crippen molar-refractivity contribution in [1.29, 1.82) is 0 Å². The van der Waals surface area contributed by atoms with Crippen LogP contribution in [0.4, 0.5) is 8.78 Å². The van der Waals surface area contributed by atoms with Gasteiger partial charge in [0, 0.05) is 12.8 Å². The van der Waals surface area contributed by atoms with Crippen molar-refractivity contribution in [3.05, 3.63) is 78.5 Å². The average molecular weight is 419 g/mol. The molecule has 0 bridgehead atoms. The van der Waals surface area contributed by atoms with E-state index in [-0.39, 0.29) is 17.9 Å². The summed E-state index contributed by atoms with van der Waals surface area (Å²) in [4.78, 5) is 13.7. The Morgan fingerprint density at radius 1 is 1.07 bits per heavy atom. The first-order valence-corrected chi connectivity index (χ1v) is 10.7. The number of halogens is 2. The Balaban J connectivity index is 1.65.